The molecule has 1 amide bonds. The lowest BCUT2D eigenvalue weighted by Crippen LogP contribution is -2.59. The maximum absolute atomic E-state index is 13.2. The van der Waals surface area contributed by atoms with E-state index in [-0.39, 0.29) is 18.1 Å². The van der Waals surface area contributed by atoms with Gasteiger partial charge in [0.25, 0.3) is 0 Å². The average molecular weight is 334 g/mol. The molecule has 0 aliphatic heterocycles. The minimum atomic E-state index is -1.11. The van der Waals surface area contributed by atoms with Crippen LogP contribution >= 0.6 is 11.3 Å². The number of hydrogen-bond donors (Lipinski definition) is 2. The van der Waals surface area contributed by atoms with E-state index in [1.165, 1.54) is 23.5 Å². The SMILES string of the molecule is O=C(Cc1csc(-c2cccc(F)c2)n1)NC1(C(=O)O)CCC1. The normalized spacial score (nSPS) is 15.7. The van der Waals surface area contributed by atoms with Gasteiger partial charge in [0.15, 0.2) is 0 Å². The van der Waals surface area contributed by atoms with Crippen LogP contribution in [-0.2, 0) is 16.0 Å². The van der Waals surface area contributed by atoms with E-state index in [4.69, 9.17) is 0 Å². The van der Waals surface area contributed by atoms with Crippen LogP contribution in [0.1, 0.15) is 25.0 Å². The second-order valence-electron chi connectivity index (χ2n) is 5.62. The van der Waals surface area contributed by atoms with Gasteiger partial charge in [0.05, 0.1) is 12.1 Å². The number of aliphatic carboxylic acids is 1. The number of nitrogens with one attached hydrogen (secondary N) is 1. The van der Waals surface area contributed by atoms with E-state index < -0.39 is 11.5 Å². The summed E-state index contributed by atoms with van der Waals surface area (Å²) in [5.41, 5.74) is 0.0904. The molecule has 0 unspecified atom stereocenters. The molecule has 23 heavy (non-hydrogen) atoms. The number of nitrogens with zero attached hydrogens (tertiary/aromatic N) is 1. The van der Waals surface area contributed by atoms with Gasteiger partial charge in [-0.25, -0.2) is 14.2 Å². The third-order valence-corrected chi connectivity index (χ3v) is 4.90. The standard InChI is InChI=1S/C16H15FN2O3S/c17-11-4-1-3-10(7-11)14-18-12(9-23-14)8-13(20)19-16(15(21)22)5-2-6-16/h1,3-4,7,9H,2,5-6,8H2,(H,19,20)(H,21,22). The minimum Gasteiger partial charge on any atom is -0.480 e. The Morgan fingerprint density at radius 1 is 1.39 bits per heavy atom. The molecule has 1 aromatic heterocycles. The molecular formula is C16H15FN2O3S. The number of carbonyl (C=O) groups is 2. The lowest BCUT2D eigenvalue weighted by molar-refractivity contribution is -0.151. The first kappa shape index (κ1) is 15.6. The van der Waals surface area contributed by atoms with Gasteiger partial charge in [-0.1, -0.05) is 12.1 Å². The van der Waals surface area contributed by atoms with Crippen LogP contribution < -0.4 is 5.32 Å². The van der Waals surface area contributed by atoms with Crippen LogP contribution in [0.15, 0.2) is 29.6 Å². The summed E-state index contributed by atoms with van der Waals surface area (Å²) in [7, 11) is 0. The highest BCUT2D eigenvalue weighted by Gasteiger charge is 2.45. The van der Waals surface area contributed by atoms with Gasteiger partial charge in [-0.05, 0) is 31.4 Å². The van der Waals surface area contributed by atoms with E-state index >= 15 is 0 Å². The summed E-state index contributed by atoms with van der Waals surface area (Å²) >= 11 is 1.32. The Morgan fingerprint density at radius 2 is 2.17 bits per heavy atom. The molecule has 3 rings (SSSR count). The second kappa shape index (κ2) is 6.08. The molecule has 0 bridgehead atoms. The lowest BCUT2D eigenvalue weighted by Gasteiger charge is -2.38. The van der Waals surface area contributed by atoms with E-state index in [0.717, 1.165) is 6.42 Å². The summed E-state index contributed by atoms with van der Waals surface area (Å²) in [6.45, 7) is 0. The maximum atomic E-state index is 13.2. The van der Waals surface area contributed by atoms with Crippen molar-refractivity contribution in [1.29, 1.82) is 0 Å². The molecule has 0 spiro atoms. The minimum absolute atomic E-state index is 0.0147. The van der Waals surface area contributed by atoms with Crippen molar-refractivity contribution in [1.82, 2.24) is 10.3 Å². The molecule has 0 atom stereocenters. The fraction of sp³-hybridized carbons (Fsp3) is 0.312. The number of carboxylic acids is 1. The molecule has 1 fully saturated rings. The molecule has 120 valence electrons. The molecule has 1 aliphatic rings. The third kappa shape index (κ3) is 3.24. The second-order valence-corrected chi connectivity index (χ2v) is 6.48. The maximum Gasteiger partial charge on any atom is 0.329 e. The van der Waals surface area contributed by atoms with Crippen LogP contribution in [0.3, 0.4) is 0 Å². The van der Waals surface area contributed by atoms with Gasteiger partial charge in [0.2, 0.25) is 5.91 Å². The van der Waals surface area contributed by atoms with E-state index in [2.05, 4.69) is 10.3 Å². The van der Waals surface area contributed by atoms with Crippen molar-refractivity contribution in [3.05, 3.63) is 41.2 Å². The van der Waals surface area contributed by atoms with Crippen LogP contribution in [0.25, 0.3) is 10.6 Å². The number of thiazole rings is 1. The van der Waals surface area contributed by atoms with Crippen LogP contribution in [0.5, 0.6) is 0 Å². The fourth-order valence-corrected chi connectivity index (χ4v) is 3.36. The Morgan fingerprint density at radius 3 is 2.78 bits per heavy atom. The molecule has 1 aromatic carbocycles. The third-order valence-electron chi connectivity index (χ3n) is 3.96. The number of hydrogen-bond acceptors (Lipinski definition) is 4. The molecule has 5 nitrogen and oxygen atoms in total. The highest BCUT2D eigenvalue weighted by atomic mass is 32.1. The number of aromatic nitrogens is 1. The van der Waals surface area contributed by atoms with Crippen LogP contribution in [0.2, 0.25) is 0 Å². The molecule has 7 heteroatoms. The van der Waals surface area contributed by atoms with Gasteiger partial charge in [-0.3, -0.25) is 4.79 Å². The van der Waals surface area contributed by atoms with Crippen molar-refractivity contribution in [2.45, 2.75) is 31.2 Å². The molecule has 1 heterocycles. The van der Waals surface area contributed by atoms with Crippen molar-refractivity contribution in [3.63, 3.8) is 0 Å². The van der Waals surface area contributed by atoms with Gasteiger partial charge in [-0.2, -0.15) is 0 Å². The Kier molecular flexibility index (Phi) is 4.12. The first-order valence-corrected chi connectivity index (χ1v) is 8.11. The zero-order valence-corrected chi connectivity index (χ0v) is 13.0. The molecule has 2 aromatic rings. The van der Waals surface area contributed by atoms with Gasteiger partial charge >= 0.3 is 5.97 Å². The zero-order valence-electron chi connectivity index (χ0n) is 12.2. The Balaban J connectivity index is 1.67. The summed E-state index contributed by atoms with van der Waals surface area (Å²) in [6.07, 6.45) is 1.73. The zero-order chi connectivity index (χ0) is 16.4. The number of benzene rings is 1. The fourth-order valence-electron chi connectivity index (χ4n) is 2.54. The topological polar surface area (TPSA) is 79.3 Å². The molecule has 0 radical (unpaired) electrons. The highest BCUT2D eigenvalue weighted by Crippen LogP contribution is 2.32. The molecular weight excluding hydrogens is 319 g/mol. The Bertz CT molecular complexity index is 755. The van der Waals surface area contributed by atoms with Crippen molar-refractivity contribution in [3.8, 4) is 10.6 Å². The molecule has 1 saturated carbocycles. The predicted octanol–water partition coefficient (Wildman–Crippen LogP) is 2.62. The number of rotatable bonds is 5. The van der Waals surface area contributed by atoms with Gasteiger partial charge in [-0.15, -0.1) is 11.3 Å². The number of amides is 1. The Labute approximate surface area is 136 Å². The summed E-state index contributed by atoms with van der Waals surface area (Å²) in [6, 6.07) is 6.09. The van der Waals surface area contributed by atoms with Gasteiger partial charge < -0.3 is 10.4 Å². The van der Waals surface area contributed by atoms with E-state index in [9.17, 15) is 19.1 Å². The largest absolute Gasteiger partial charge is 0.480 e. The van der Waals surface area contributed by atoms with Crippen molar-refractivity contribution < 1.29 is 19.1 Å². The summed E-state index contributed by atoms with van der Waals surface area (Å²) in [5, 5.41) is 14.2. The number of halogens is 1. The van der Waals surface area contributed by atoms with Crippen LogP contribution in [0, 0.1) is 5.82 Å². The van der Waals surface area contributed by atoms with E-state index in [1.54, 1.807) is 17.5 Å². The summed E-state index contributed by atoms with van der Waals surface area (Å²) in [4.78, 5) is 27.6. The first-order valence-electron chi connectivity index (χ1n) is 7.23. The first-order chi connectivity index (χ1) is 11.0. The smallest absolute Gasteiger partial charge is 0.329 e. The lowest BCUT2D eigenvalue weighted by atomic mass is 9.76. The van der Waals surface area contributed by atoms with Gasteiger partial charge in [0.1, 0.15) is 16.4 Å². The summed E-state index contributed by atoms with van der Waals surface area (Å²) < 4.78 is 13.2. The van der Waals surface area contributed by atoms with Crippen molar-refractivity contribution in [2.75, 3.05) is 0 Å². The quantitative estimate of drug-likeness (QED) is 0.881. The van der Waals surface area contributed by atoms with E-state index in [0.29, 0.717) is 29.1 Å². The van der Waals surface area contributed by atoms with E-state index in [1.807, 2.05) is 0 Å². The monoisotopic (exact) mass is 334 g/mol. The Hall–Kier alpha value is -2.28. The molecule has 1 aliphatic carbocycles. The van der Waals surface area contributed by atoms with Gasteiger partial charge in [0, 0.05) is 10.9 Å². The van der Waals surface area contributed by atoms with Crippen LogP contribution in [-0.4, -0.2) is 27.5 Å². The van der Waals surface area contributed by atoms with Crippen molar-refractivity contribution >= 4 is 23.2 Å². The summed E-state index contributed by atoms with van der Waals surface area (Å²) in [5.74, 6) is -1.69. The number of carboxylic acid groups (broad SMARTS) is 1. The predicted molar refractivity (Wildman–Crippen MR) is 83.6 cm³/mol. The molecule has 2 N–H and O–H groups in total. The number of carbonyl (C=O) groups excluding carboxylic acids is 1. The van der Waals surface area contributed by atoms with Crippen LogP contribution in [0.4, 0.5) is 4.39 Å². The highest BCUT2D eigenvalue weighted by molar-refractivity contribution is 7.13. The average Bonchev–Trinajstić information content (AvgIpc) is 2.91. The van der Waals surface area contributed by atoms with Crippen molar-refractivity contribution in [2.24, 2.45) is 0 Å². The molecule has 0 saturated heterocycles.